The minimum atomic E-state index is -1.51. The highest BCUT2D eigenvalue weighted by Crippen LogP contribution is 2.33. The number of pyridine rings is 2. The molecule has 0 bridgehead atoms. The first-order valence-corrected chi connectivity index (χ1v) is 29.2. The highest BCUT2D eigenvalue weighted by Gasteiger charge is 2.33. The first kappa shape index (κ1) is 64.0. The van der Waals surface area contributed by atoms with Crippen LogP contribution in [0.3, 0.4) is 0 Å². The minimum absolute atomic E-state index is 0.00371. The van der Waals surface area contributed by atoms with Crippen molar-refractivity contribution in [3.05, 3.63) is 153 Å². The lowest BCUT2D eigenvalue weighted by atomic mass is 9.97. The van der Waals surface area contributed by atoms with Gasteiger partial charge in [-0.15, -0.1) is 0 Å². The van der Waals surface area contributed by atoms with Gasteiger partial charge >= 0.3 is 5.69 Å². The predicted molar refractivity (Wildman–Crippen MR) is 334 cm³/mol. The Balaban J connectivity index is 0.808. The van der Waals surface area contributed by atoms with Crippen LogP contribution in [0.15, 0.2) is 136 Å². The smallest absolute Gasteiger partial charge is 0.326 e. The topological polar surface area (TPSA) is 375 Å². The number of nitrogens with zero attached hydrogens (tertiary/aromatic N) is 4. The van der Waals surface area contributed by atoms with Crippen LogP contribution in [0.25, 0.3) is 44.3 Å². The lowest BCUT2D eigenvalue weighted by molar-refractivity contribution is -0.136. The van der Waals surface area contributed by atoms with Gasteiger partial charge in [-0.3, -0.25) is 52.8 Å². The summed E-state index contributed by atoms with van der Waals surface area (Å²) in [5.74, 6) is -5.60. The fraction of sp³-hybridized carbons (Fsp3) is 0.349. The molecule has 25 nitrogen and oxygen atoms in total. The van der Waals surface area contributed by atoms with Crippen LogP contribution < -0.4 is 59.9 Å². The molecule has 1 saturated heterocycles. The number of anilines is 1. The second-order valence-corrected chi connectivity index (χ2v) is 22.0. The first-order valence-electron chi connectivity index (χ1n) is 29.2. The molecular weight excluding hydrogens is 1130 g/mol. The average Bonchev–Trinajstić information content (AvgIpc) is 1.54. The van der Waals surface area contributed by atoms with Gasteiger partial charge in [-0.25, -0.2) is 9.78 Å². The van der Waals surface area contributed by atoms with Crippen molar-refractivity contribution in [2.24, 2.45) is 22.4 Å². The van der Waals surface area contributed by atoms with Crippen molar-refractivity contribution < 1.29 is 38.7 Å². The van der Waals surface area contributed by atoms with Crippen molar-refractivity contribution in [3.63, 3.8) is 0 Å². The van der Waals surface area contributed by atoms with Crippen LogP contribution in [0.1, 0.15) is 69.5 Å². The van der Waals surface area contributed by atoms with Crippen LogP contribution >= 0.6 is 0 Å². The molecule has 4 heterocycles. The Morgan fingerprint density at radius 1 is 0.727 bits per heavy atom. The van der Waals surface area contributed by atoms with E-state index in [1.165, 1.54) is 7.05 Å². The van der Waals surface area contributed by atoms with Crippen LogP contribution in [0, 0.1) is 5.92 Å². The van der Waals surface area contributed by atoms with E-state index in [1.54, 1.807) is 79.2 Å². The Labute approximate surface area is 506 Å². The van der Waals surface area contributed by atoms with Gasteiger partial charge in [0.05, 0.1) is 40.8 Å². The summed E-state index contributed by atoms with van der Waals surface area (Å²) in [5, 5.41) is 28.7. The fourth-order valence-corrected chi connectivity index (χ4v) is 10.6. The third-order valence-corrected chi connectivity index (χ3v) is 15.2. The number of H-pyrrole nitrogens is 2. The third kappa shape index (κ3) is 17.1. The monoisotopic (exact) mass is 1200 g/mol. The average molecular weight is 1200 g/mol. The van der Waals surface area contributed by atoms with Crippen molar-refractivity contribution in [1.29, 1.82) is 0 Å². The van der Waals surface area contributed by atoms with E-state index in [2.05, 4.69) is 81.3 Å². The minimum Gasteiger partial charge on any atom is -0.394 e. The summed E-state index contributed by atoms with van der Waals surface area (Å²) in [4.78, 5) is 136. The number of guanidine groups is 1. The summed E-state index contributed by atoms with van der Waals surface area (Å²) < 4.78 is 1.74. The normalized spacial score (nSPS) is 14.0. The number of hydrogen-bond donors (Lipinski definition) is 12. The first-order chi connectivity index (χ1) is 42.4. The molecule has 3 aromatic heterocycles. The molecule has 8 rings (SSSR count). The SMILES string of the molecule is CNC(=O)[C@H](Cc1ccccc1)NC(=O)[C@H](CO)NC(=O)[C@@H](NC(=O)[C@H](CCCN=C(N)N)NC(=O)CNC(=O)CCC(=O)Nc1ccc2[nH]c(=O)n(C3CCN(Cc4ccc(-c5nc6cc[nH]c(=O)c6cc5-c5ccccc5)cc4)CC3)c2c1)C(C)C. The van der Waals surface area contributed by atoms with Gasteiger partial charge in [0, 0.05) is 81.5 Å². The molecule has 0 saturated carbocycles. The lowest BCUT2D eigenvalue weighted by Gasteiger charge is -2.32. The number of benzene rings is 4. The van der Waals surface area contributed by atoms with Gasteiger partial charge in [0.25, 0.3) is 5.56 Å². The zero-order valence-corrected chi connectivity index (χ0v) is 49.3. The maximum Gasteiger partial charge on any atom is 0.326 e. The number of imidazole rings is 1. The number of aliphatic hydroxyl groups is 1. The Morgan fingerprint density at radius 2 is 1.41 bits per heavy atom. The van der Waals surface area contributed by atoms with E-state index in [1.807, 2.05) is 36.4 Å². The van der Waals surface area contributed by atoms with E-state index < -0.39 is 84.6 Å². The van der Waals surface area contributed by atoms with Gasteiger partial charge in [0.15, 0.2) is 5.96 Å². The molecule has 0 spiro atoms. The van der Waals surface area contributed by atoms with Crippen LogP contribution in [-0.2, 0) is 46.5 Å². The number of aliphatic hydroxyl groups excluding tert-OH is 1. The van der Waals surface area contributed by atoms with Crippen LogP contribution in [-0.4, -0.2) is 141 Å². The molecule has 462 valence electrons. The number of aromatic amines is 2. The molecule has 4 aromatic carbocycles. The van der Waals surface area contributed by atoms with Crippen molar-refractivity contribution >= 4 is 74.9 Å². The number of carbonyl (C=O) groups excluding carboxylic acids is 7. The number of fused-ring (bicyclic) bond motifs is 2. The highest BCUT2D eigenvalue weighted by molar-refractivity contribution is 5.98. The zero-order chi connectivity index (χ0) is 62.9. The number of hydrogen-bond acceptors (Lipinski definition) is 13. The Kier molecular flexibility index (Phi) is 22.1. The van der Waals surface area contributed by atoms with Gasteiger partial charge in [-0.05, 0) is 78.6 Å². The van der Waals surface area contributed by atoms with Crippen LogP contribution in [0.2, 0.25) is 0 Å². The predicted octanol–water partition coefficient (Wildman–Crippen LogP) is 2.20. The Bertz CT molecular complexity index is 3760. The largest absolute Gasteiger partial charge is 0.394 e. The Hall–Kier alpha value is -10.0. The summed E-state index contributed by atoms with van der Waals surface area (Å²) in [5.41, 5.74) is 18.1. The maximum absolute atomic E-state index is 13.8. The number of piperidine rings is 1. The second kappa shape index (κ2) is 30.4. The zero-order valence-electron chi connectivity index (χ0n) is 49.3. The number of nitrogens with one attached hydrogen (secondary N) is 9. The maximum atomic E-state index is 13.8. The van der Waals surface area contributed by atoms with Crippen molar-refractivity contribution in [2.75, 3.05) is 45.2 Å². The van der Waals surface area contributed by atoms with E-state index in [-0.39, 0.29) is 61.9 Å². The molecule has 0 aliphatic carbocycles. The Morgan fingerprint density at radius 3 is 2.09 bits per heavy atom. The summed E-state index contributed by atoms with van der Waals surface area (Å²) in [6, 6.07) is 30.7. The molecule has 25 heteroatoms. The number of nitrogens with two attached hydrogens (primary N) is 2. The number of carbonyl (C=O) groups is 7. The summed E-state index contributed by atoms with van der Waals surface area (Å²) in [6.45, 7) is 4.13. The van der Waals surface area contributed by atoms with Crippen molar-refractivity contribution in [2.45, 2.75) is 95.5 Å². The standard InChI is InChI=1S/C63H75N15O10/c1-37(2)55(61(87)74-50(36-79)60(86)73-49(58(84)66-3)31-38-11-6-4-7-12-38)76-59(85)48(15-10-27-68-62(64)65)71-54(82)34-69-52(80)22-23-53(81)70-42-20-21-47-51(32-42)78(63(88)75-47)43-25-29-77(30-26-43)35-39-16-18-41(19-17-39)56-44(40-13-8-5-9-14-40)33-45-46(72-56)24-28-67-57(45)83/h4-9,11-14,16-21,24,28,32-33,37,43,48-50,55,79H,10,15,22-23,25-27,29-31,34-36H2,1-3H3,(H,66,84)(H,67,83)(H,69,80)(H,70,81)(H,71,82)(H,73,86)(H,74,87)(H,75,88)(H,76,85)(H4,64,65,68)/t48-,49-,50-,55-/m0/s1. The van der Waals surface area contributed by atoms with Gasteiger partial charge in [0.1, 0.15) is 24.2 Å². The van der Waals surface area contributed by atoms with E-state index in [0.29, 0.717) is 47.0 Å². The van der Waals surface area contributed by atoms with E-state index in [9.17, 15) is 48.3 Å². The van der Waals surface area contributed by atoms with Gasteiger partial charge in [-0.2, -0.15) is 0 Å². The fourth-order valence-electron chi connectivity index (χ4n) is 10.6. The number of amides is 7. The van der Waals surface area contributed by atoms with Gasteiger partial charge < -0.3 is 63.8 Å². The van der Waals surface area contributed by atoms with Gasteiger partial charge in [0.2, 0.25) is 41.4 Å². The highest BCUT2D eigenvalue weighted by atomic mass is 16.3. The number of likely N-dealkylation sites (tertiary alicyclic amines) is 1. The second-order valence-electron chi connectivity index (χ2n) is 22.0. The quantitative estimate of drug-likeness (QED) is 0.0200. The number of likely N-dealkylation sites (N-methyl/N-ethyl adjacent to an activating group) is 1. The molecule has 7 amide bonds. The van der Waals surface area contributed by atoms with Crippen LogP contribution in [0.4, 0.5) is 5.69 Å². The molecule has 88 heavy (non-hydrogen) atoms. The van der Waals surface area contributed by atoms with E-state index >= 15 is 0 Å². The summed E-state index contributed by atoms with van der Waals surface area (Å²) in [7, 11) is 1.41. The van der Waals surface area contributed by atoms with Crippen molar-refractivity contribution in [3.8, 4) is 22.4 Å². The summed E-state index contributed by atoms with van der Waals surface area (Å²) in [6.07, 6.45) is 2.80. The lowest BCUT2D eigenvalue weighted by Crippen LogP contribution is -2.60. The van der Waals surface area contributed by atoms with Crippen LogP contribution in [0.5, 0.6) is 0 Å². The molecule has 14 N–H and O–H groups in total. The molecular formula is C63H75N15O10. The molecule has 0 unspecified atom stereocenters. The molecule has 1 aliphatic heterocycles. The molecule has 4 atom stereocenters. The van der Waals surface area contributed by atoms with E-state index in [0.717, 1.165) is 46.6 Å². The molecule has 1 aliphatic rings. The number of aliphatic imine (C=N–C) groups is 1. The molecule has 0 radical (unpaired) electrons. The number of aromatic nitrogens is 4. The molecule has 7 aromatic rings. The van der Waals surface area contributed by atoms with Gasteiger partial charge in [-0.1, -0.05) is 98.8 Å². The van der Waals surface area contributed by atoms with E-state index in [4.69, 9.17) is 16.5 Å². The third-order valence-electron chi connectivity index (χ3n) is 15.2. The molecule has 1 fully saturated rings. The van der Waals surface area contributed by atoms with Crippen molar-refractivity contribution in [1.82, 2.24) is 56.3 Å². The summed E-state index contributed by atoms with van der Waals surface area (Å²) >= 11 is 0. The number of rotatable bonds is 27.